The van der Waals surface area contributed by atoms with Crippen LogP contribution in [0.25, 0.3) is 0 Å². The summed E-state index contributed by atoms with van der Waals surface area (Å²) in [5.41, 5.74) is 0. The van der Waals surface area contributed by atoms with Gasteiger partial charge in [0.2, 0.25) is 11.8 Å². The summed E-state index contributed by atoms with van der Waals surface area (Å²) in [6.07, 6.45) is 63.3. The lowest BCUT2D eigenvalue weighted by Crippen LogP contribution is -2.47. The Hall–Kier alpha value is -3.98. The van der Waals surface area contributed by atoms with E-state index in [2.05, 4.69) is 110 Å². The molecule has 0 heterocycles. The van der Waals surface area contributed by atoms with Crippen LogP contribution in [0.1, 0.15) is 213 Å². The van der Waals surface area contributed by atoms with Gasteiger partial charge in [0.15, 0.2) is 0 Å². The number of carbonyl (C=O) groups is 4. The summed E-state index contributed by atoms with van der Waals surface area (Å²) in [6.45, 7) is 3.37. The van der Waals surface area contributed by atoms with Crippen LogP contribution < -0.4 is 10.6 Å². The van der Waals surface area contributed by atoms with Gasteiger partial charge in [-0.3, -0.25) is 14.4 Å². The van der Waals surface area contributed by atoms with Crippen molar-refractivity contribution >= 4 is 23.8 Å². The lowest BCUT2D eigenvalue weighted by molar-refractivity contribution is -0.150. The van der Waals surface area contributed by atoms with Crippen molar-refractivity contribution in [3.8, 4) is 0 Å². The number of carbonyl (C=O) groups excluding carboxylic acids is 3. The van der Waals surface area contributed by atoms with Crippen molar-refractivity contribution in [3.63, 3.8) is 0 Å². The van der Waals surface area contributed by atoms with Crippen LogP contribution in [0, 0.1) is 0 Å². The molecule has 364 valence electrons. The fourth-order valence-corrected chi connectivity index (χ4v) is 7.06. The van der Waals surface area contributed by atoms with Gasteiger partial charge in [-0.25, -0.2) is 4.79 Å². The molecule has 0 saturated carbocycles. The maximum Gasteiger partial charge on any atom is 0.328 e. The van der Waals surface area contributed by atoms with Crippen LogP contribution in [0.4, 0.5) is 0 Å². The van der Waals surface area contributed by atoms with E-state index in [1.807, 2.05) is 0 Å². The van der Waals surface area contributed by atoms with Crippen molar-refractivity contribution < 1.29 is 34.1 Å². The zero-order chi connectivity index (χ0) is 46.8. The molecule has 0 aliphatic heterocycles. The predicted molar refractivity (Wildman–Crippen MR) is 268 cm³/mol. The van der Waals surface area contributed by atoms with E-state index in [9.17, 15) is 19.2 Å². The van der Waals surface area contributed by atoms with Crippen LogP contribution in [0.15, 0.2) is 85.1 Å². The number of hydrogen-bond donors (Lipinski definition) is 4. The summed E-state index contributed by atoms with van der Waals surface area (Å²) in [5.74, 6) is -2.36. The number of esters is 1. The number of aliphatic hydroxyl groups excluding tert-OH is 1. The second kappa shape index (κ2) is 48.5. The number of allylic oxidation sites excluding steroid dienone is 14. The number of carboxylic acid groups (broad SMARTS) is 1. The number of hydrogen-bond acceptors (Lipinski definition) is 6. The highest BCUT2D eigenvalue weighted by Crippen LogP contribution is 2.19. The average molecular weight is 893 g/mol. The van der Waals surface area contributed by atoms with E-state index in [-0.39, 0.29) is 30.9 Å². The highest BCUT2D eigenvalue weighted by molar-refractivity contribution is 5.87. The molecule has 2 atom stereocenters. The van der Waals surface area contributed by atoms with Crippen molar-refractivity contribution in [1.82, 2.24) is 10.6 Å². The molecule has 0 rings (SSSR count). The molecule has 2 unspecified atom stereocenters. The third-order valence-electron chi connectivity index (χ3n) is 10.9. The number of rotatable bonds is 45. The average Bonchev–Trinajstić information content (AvgIpc) is 3.28. The Morgan fingerprint density at radius 1 is 0.484 bits per heavy atom. The highest BCUT2D eigenvalue weighted by atomic mass is 16.5. The van der Waals surface area contributed by atoms with E-state index in [4.69, 9.17) is 14.9 Å². The Kier molecular flexibility index (Phi) is 45.5. The lowest BCUT2D eigenvalue weighted by atomic mass is 10.0. The van der Waals surface area contributed by atoms with Crippen LogP contribution in [0.2, 0.25) is 0 Å². The molecule has 0 aliphatic rings. The van der Waals surface area contributed by atoms with Gasteiger partial charge in [-0.1, -0.05) is 195 Å². The first-order valence-corrected chi connectivity index (χ1v) is 25.5. The molecule has 0 radical (unpaired) electrons. The van der Waals surface area contributed by atoms with E-state index in [0.717, 1.165) is 103 Å². The molecule has 2 amide bonds. The fraction of sp³-hybridized carbons (Fsp3) is 0.673. The maximum absolute atomic E-state index is 12.9. The Balaban J connectivity index is 4.40. The molecule has 9 nitrogen and oxygen atoms in total. The van der Waals surface area contributed by atoms with Crippen LogP contribution in [0.5, 0.6) is 0 Å². The van der Waals surface area contributed by atoms with E-state index in [0.29, 0.717) is 12.8 Å². The van der Waals surface area contributed by atoms with Crippen molar-refractivity contribution in [2.75, 3.05) is 13.2 Å². The van der Waals surface area contributed by atoms with Crippen molar-refractivity contribution in [3.05, 3.63) is 85.1 Å². The fourth-order valence-electron chi connectivity index (χ4n) is 7.06. The number of unbranched alkanes of at least 4 members (excludes halogenated alkanes) is 17. The third-order valence-corrected chi connectivity index (χ3v) is 10.9. The monoisotopic (exact) mass is 893 g/mol. The third kappa shape index (κ3) is 44.6. The molecule has 0 aromatic heterocycles. The number of carboxylic acids is 1. The largest absolute Gasteiger partial charge is 0.480 e. The molecular formula is C55H92N2O7. The van der Waals surface area contributed by atoms with Crippen LogP contribution in [0.3, 0.4) is 0 Å². The van der Waals surface area contributed by atoms with E-state index >= 15 is 0 Å². The summed E-state index contributed by atoms with van der Waals surface area (Å²) in [6, 6.07) is -1.39. The summed E-state index contributed by atoms with van der Waals surface area (Å²) in [7, 11) is 0. The van der Waals surface area contributed by atoms with Gasteiger partial charge in [0.25, 0.3) is 0 Å². The minimum Gasteiger partial charge on any atom is -0.480 e. The number of aliphatic carboxylic acids is 1. The minimum absolute atomic E-state index is 0.0488. The molecule has 0 fully saturated rings. The minimum atomic E-state index is -1.39. The standard InChI is InChI=1S/C55H92N2O7/c1-3-5-7-9-11-13-15-17-18-19-20-21-22-23-24-25-26-28-30-32-34-39-43-47-54(61)64-50(44-40-36-33-31-29-27-16-14-12-10-8-6-4-2)45-41-37-35-38-42-46-52(59)56-48-53(60)57-51(49-58)55(62)63/h5,7,11,13,17-18,20-21,23-24,26,28,32,34,50-51,58H,3-4,6,8-10,12,14-16,19,22,25,27,29-31,33,35-49H2,1-2H3,(H,56,59)(H,57,60)(H,62,63)/b7-5-,13-11-,18-17-,21-20-,24-23-,28-26-,34-32-. The van der Waals surface area contributed by atoms with E-state index in [1.165, 1.54) is 77.0 Å². The molecule has 0 spiro atoms. The number of nitrogens with one attached hydrogen (secondary N) is 2. The Bertz CT molecular complexity index is 1350. The second-order valence-electron chi connectivity index (χ2n) is 16.9. The molecule has 0 aliphatic carbocycles. The molecular weight excluding hydrogens is 801 g/mol. The van der Waals surface area contributed by atoms with Crippen molar-refractivity contribution in [2.24, 2.45) is 0 Å². The first kappa shape index (κ1) is 60.0. The molecule has 0 bridgehead atoms. The first-order chi connectivity index (χ1) is 31.3. The Morgan fingerprint density at radius 2 is 0.891 bits per heavy atom. The zero-order valence-corrected chi connectivity index (χ0v) is 40.5. The van der Waals surface area contributed by atoms with Gasteiger partial charge in [-0.2, -0.15) is 0 Å². The maximum atomic E-state index is 12.9. The topological polar surface area (TPSA) is 142 Å². The Morgan fingerprint density at radius 3 is 1.31 bits per heavy atom. The van der Waals surface area contributed by atoms with Crippen LogP contribution >= 0.6 is 0 Å². The van der Waals surface area contributed by atoms with Crippen molar-refractivity contribution in [2.45, 2.75) is 225 Å². The van der Waals surface area contributed by atoms with Gasteiger partial charge < -0.3 is 25.6 Å². The predicted octanol–water partition coefficient (Wildman–Crippen LogP) is 13.6. The van der Waals surface area contributed by atoms with Crippen LogP contribution in [-0.2, 0) is 23.9 Å². The number of aliphatic hydroxyl groups is 1. The van der Waals surface area contributed by atoms with Gasteiger partial charge in [-0.05, 0) is 89.9 Å². The number of ether oxygens (including phenoxy) is 1. The molecule has 4 N–H and O–H groups in total. The lowest BCUT2D eigenvalue weighted by Gasteiger charge is -2.18. The normalized spacial score (nSPS) is 13.2. The SMILES string of the molecule is CC/C=C\C/C=C\C/C=C\C/C=C\C/C=C\C/C=C\C/C=C\CCCC(=O)OC(CCCCCCCCCCCCCCC)CCCCCCCC(=O)NCC(=O)NC(CO)C(=O)O. The van der Waals surface area contributed by atoms with Gasteiger partial charge in [-0.15, -0.1) is 0 Å². The summed E-state index contributed by atoms with van der Waals surface area (Å²) in [4.78, 5) is 47.8. The molecule has 64 heavy (non-hydrogen) atoms. The van der Waals surface area contributed by atoms with Gasteiger partial charge in [0.05, 0.1) is 13.2 Å². The zero-order valence-electron chi connectivity index (χ0n) is 40.5. The summed E-state index contributed by atoms with van der Waals surface area (Å²) in [5, 5.41) is 22.6. The van der Waals surface area contributed by atoms with Crippen LogP contribution in [-0.4, -0.2) is 59.3 Å². The van der Waals surface area contributed by atoms with E-state index in [1.54, 1.807) is 0 Å². The second-order valence-corrected chi connectivity index (χ2v) is 16.9. The highest BCUT2D eigenvalue weighted by Gasteiger charge is 2.19. The van der Waals surface area contributed by atoms with Crippen molar-refractivity contribution in [1.29, 1.82) is 0 Å². The number of amides is 2. The Labute approximate surface area is 390 Å². The van der Waals surface area contributed by atoms with Gasteiger partial charge >= 0.3 is 11.9 Å². The molecule has 0 saturated heterocycles. The molecule has 0 aromatic carbocycles. The van der Waals surface area contributed by atoms with Gasteiger partial charge in [0, 0.05) is 12.8 Å². The summed E-state index contributed by atoms with van der Waals surface area (Å²) < 4.78 is 6.03. The summed E-state index contributed by atoms with van der Waals surface area (Å²) >= 11 is 0. The smallest absolute Gasteiger partial charge is 0.328 e. The van der Waals surface area contributed by atoms with Gasteiger partial charge in [0.1, 0.15) is 12.1 Å². The quantitative estimate of drug-likeness (QED) is 0.0271. The molecule has 9 heteroatoms. The van der Waals surface area contributed by atoms with E-state index < -0.39 is 24.5 Å². The first-order valence-electron chi connectivity index (χ1n) is 25.5. The molecule has 0 aromatic rings.